The van der Waals surface area contributed by atoms with Gasteiger partial charge in [-0.05, 0) is 24.6 Å². The number of nitrogens with one attached hydrogen (secondary N) is 2. The summed E-state index contributed by atoms with van der Waals surface area (Å²) in [5.41, 5.74) is 0.874. The molecular weight excluding hydrogens is 304 g/mol. The van der Waals surface area contributed by atoms with E-state index in [1.54, 1.807) is 6.92 Å². The van der Waals surface area contributed by atoms with Gasteiger partial charge in [-0.1, -0.05) is 48.5 Å². The third kappa shape index (κ3) is 6.02. The van der Waals surface area contributed by atoms with E-state index in [0.717, 1.165) is 5.56 Å². The first-order valence-corrected chi connectivity index (χ1v) is 8.10. The van der Waals surface area contributed by atoms with E-state index in [-0.39, 0.29) is 5.91 Å². The van der Waals surface area contributed by atoms with Crippen LogP contribution >= 0.6 is 0 Å². The normalized spacial score (nSPS) is 13.1. The Bertz CT molecular complexity index is 605. The molecule has 0 aliphatic carbocycles. The number of para-hydroxylation sites is 1. The van der Waals surface area contributed by atoms with Gasteiger partial charge in [0, 0.05) is 19.6 Å². The molecule has 2 unspecified atom stereocenters. The topological polar surface area (TPSA) is 70.6 Å². The highest BCUT2D eigenvalue weighted by Crippen LogP contribution is 2.11. The van der Waals surface area contributed by atoms with E-state index in [0.29, 0.717) is 25.4 Å². The van der Waals surface area contributed by atoms with Crippen molar-refractivity contribution >= 4 is 5.91 Å². The molecule has 2 rings (SSSR count). The maximum absolute atomic E-state index is 12.0. The highest BCUT2D eigenvalue weighted by molar-refractivity contribution is 5.80. The van der Waals surface area contributed by atoms with Gasteiger partial charge >= 0.3 is 0 Å². The van der Waals surface area contributed by atoms with Gasteiger partial charge in [0.2, 0.25) is 0 Å². The van der Waals surface area contributed by atoms with Gasteiger partial charge in [0.25, 0.3) is 5.91 Å². The van der Waals surface area contributed by atoms with E-state index in [1.165, 1.54) is 0 Å². The molecule has 0 spiro atoms. The number of amides is 1. The van der Waals surface area contributed by atoms with Crippen LogP contribution in [0.3, 0.4) is 0 Å². The van der Waals surface area contributed by atoms with Crippen molar-refractivity contribution in [2.45, 2.75) is 19.1 Å². The fraction of sp³-hybridized carbons (Fsp3) is 0.316. The minimum absolute atomic E-state index is 0.163. The maximum atomic E-state index is 12.0. The van der Waals surface area contributed by atoms with Crippen molar-refractivity contribution in [1.29, 1.82) is 0 Å². The van der Waals surface area contributed by atoms with Crippen LogP contribution < -0.4 is 15.4 Å². The van der Waals surface area contributed by atoms with Crippen molar-refractivity contribution in [2.24, 2.45) is 0 Å². The van der Waals surface area contributed by atoms with Gasteiger partial charge in [0.1, 0.15) is 5.75 Å². The molecule has 1 amide bonds. The zero-order chi connectivity index (χ0) is 17.2. The fourth-order valence-electron chi connectivity index (χ4n) is 2.21. The van der Waals surface area contributed by atoms with Gasteiger partial charge < -0.3 is 20.5 Å². The first-order valence-electron chi connectivity index (χ1n) is 8.10. The Morgan fingerprint density at radius 1 is 1.04 bits per heavy atom. The number of carbonyl (C=O) groups excluding carboxylic acids is 1. The molecule has 3 N–H and O–H groups in total. The molecule has 0 bridgehead atoms. The highest BCUT2D eigenvalue weighted by atomic mass is 16.5. The molecule has 2 aromatic rings. The molecular formula is C19H24N2O3. The lowest BCUT2D eigenvalue weighted by Crippen LogP contribution is -2.40. The van der Waals surface area contributed by atoms with Crippen LogP contribution in [0.1, 0.15) is 18.6 Å². The van der Waals surface area contributed by atoms with Crippen molar-refractivity contribution in [3.05, 3.63) is 66.2 Å². The summed E-state index contributed by atoms with van der Waals surface area (Å²) in [5, 5.41) is 15.9. The monoisotopic (exact) mass is 328 g/mol. The summed E-state index contributed by atoms with van der Waals surface area (Å²) < 4.78 is 5.56. The molecule has 2 atom stereocenters. The van der Waals surface area contributed by atoms with E-state index in [9.17, 15) is 9.90 Å². The molecule has 0 saturated heterocycles. The Labute approximate surface area is 142 Å². The Kier molecular flexibility index (Phi) is 7.26. The summed E-state index contributed by atoms with van der Waals surface area (Å²) in [6.07, 6.45) is -1.11. The van der Waals surface area contributed by atoms with Gasteiger partial charge in [-0.3, -0.25) is 4.79 Å². The van der Waals surface area contributed by atoms with Crippen molar-refractivity contribution in [2.75, 3.05) is 19.6 Å². The quantitative estimate of drug-likeness (QED) is 0.615. The number of aliphatic hydroxyl groups excluding tert-OH is 1. The molecule has 0 saturated carbocycles. The zero-order valence-electron chi connectivity index (χ0n) is 13.8. The molecule has 24 heavy (non-hydrogen) atoms. The van der Waals surface area contributed by atoms with E-state index in [2.05, 4.69) is 10.6 Å². The number of carbonyl (C=O) groups is 1. The SMILES string of the molecule is CC(Oc1ccccc1)C(=O)NCCNCC(O)c1ccccc1. The van der Waals surface area contributed by atoms with Crippen LogP contribution in [0.15, 0.2) is 60.7 Å². The molecule has 5 nitrogen and oxygen atoms in total. The fourth-order valence-corrected chi connectivity index (χ4v) is 2.21. The average molecular weight is 328 g/mol. The van der Waals surface area contributed by atoms with Crippen molar-refractivity contribution in [3.8, 4) is 5.75 Å². The van der Waals surface area contributed by atoms with Crippen LogP contribution in [-0.2, 0) is 4.79 Å². The van der Waals surface area contributed by atoms with Crippen LogP contribution in [0.25, 0.3) is 0 Å². The summed E-state index contributed by atoms with van der Waals surface area (Å²) in [7, 11) is 0. The molecule has 0 aromatic heterocycles. The second-order valence-electron chi connectivity index (χ2n) is 5.49. The maximum Gasteiger partial charge on any atom is 0.260 e. The van der Waals surface area contributed by atoms with E-state index in [4.69, 9.17) is 4.74 Å². The molecule has 0 radical (unpaired) electrons. The Balaban J connectivity index is 1.60. The third-order valence-electron chi connectivity index (χ3n) is 3.55. The van der Waals surface area contributed by atoms with Gasteiger partial charge in [0.15, 0.2) is 6.10 Å². The molecule has 5 heteroatoms. The van der Waals surface area contributed by atoms with Gasteiger partial charge in [-0.15, -0.1) is 0 Å². The lowest BCUT2D eigenvalue weighted by Gasteiger charge is -2.15. The first kappa shape index (κ1) is 18.0. The third-order valence-corrected chi connectivity index (χ3v) is 3.55. The second kappa shape index (κ2) is 9.70. The standard InChI is InChI=1S/C19H24N2O3/c1-15(24-17-10-6-3-7-11-17)19(23)21-13-12-20-14-18(22)16-8-4-2-5-9-16/h2-11,15,18,20,22H,12-14H2,1H3,(H,21,23). The number of ether oxygens (including phenoxy) is 1. The van der Waals surface area contributed by atoms with Crippen molar-refractivity contribution < 1.29 is 14.6 Å². The number of rotatable bonds is 9. The molecule has 0 aliphatic heterocycles. The van der Waals surface area contributed by atoms with Crippen LogP contribution in [0, 0.1) is 0 Å². The molecule has 2 aromatic carbocycles. The van der Waals surface area contributed by atoms with Crippen molar-refractivity contribution in [1.82, 2.24) is 10.6 Å². The van der Waals surface area contributed by atoms with Crippen molar-refractivity contribution in [3.63, 3.8) is 0 Å². The summed E-state index contributed by atoms with van der Waals surface area (Å²) in [6, 6.07) is 18.7. The minimum atomic E-state index is -0.553. The summed E-state index contributed by atoms with van der Waals surface area (Å²) in [6.45, 7) is 3.21. The summed E-state index contributed by atoms with van der Waals surface area (Å²) >= 11 is 0. The number of aliphatic hydroxyl groups is 1. The van der Waals surface area contributed by atoms with Crippen LogP contribution in [-0.4, -0.2) is 36.8 Å². The van der Waals surface area contributed by atoms with E-state index >= 15 is 0 Å². The van der Waals surface area contributed by atoms with E-state index in [1.807, 2.05) is 60.7 Å². The second-order valence-corrected chi connectivity index (χ2v) is 5.49. The molecule has 0 fully saturated rings. The van der Waals surface area contributed by atoms with Crippen LogP contribution in [0.2, 0.25) is 0 Å². The molecule has 0 heterocycles. The lowest BCUT2D eigenvalue weighted by molar-refractivity contribution is -0.127. The van der Waals surface area contributed by atoms with Gasteiger partial charge in [-0.2, -0.15) is 0 Å². The predicted molar refractivity (Wildman–Crippen MR) is 93.8 cm³/mol. The zero-order valence-corrected chi connectivity index (χ0v) is 13.8. The number of hydrogen-bond acceptors (Lipinski definition) is 4. The number of benzene rings is 2. The summed E-state index contributed by atoms with van der Waals surface area (Å²) in [5.74, 6) is 0.508. The van der Waals surface area contributed by atoms with Crippen LogP contribution in [0.4, 0.5) is 0 Å². The number of hydrogen-bond donors (Lipinski definition) is 3. The first-order chi connectivity index (χ1) is 11.7. The predicted octanol–water partition coefficient (Wildman–Crippen LogP) is 1.89. The molecule has 0 aliphatic rings. The average Bonchev–Trinajstić information content (AvgIpc) is 2.62. The largest absolute Gasteiger partial charge is 0.481 e. The van der Waals surface area contributed by atoms with Crippen LogP contribution in [0.5, 0.6) is 5.75 Å². The van der Waals surface area contributed by atoms with Gasteiger partial charge in [0.05, 0.1) is 6.10 Å². The van der Waals surface area contributed by atoms with E-state index < -0.39 is 12.2 Å². The summed E-state index contributed by atoms with van der Waals surface area (Å²) in [4.78, 5) is 12.0. The lowest BCUT2D eigenvalue weighted by atomic mass is 10.1. The minimum Gasteiger partial charge on any atom is -0.481 e. The molecule has 128 valence electrons. The Morgan fingerprint density at radius 2 is 1.67 bits per heavy atom. The Morgan fingerprint density at radius 3 is 2.33 bits per heavy atom. The Hall–Kier alpha value is -2.37. The van der Waals surface area contributed by atoms with Gasteiger partial charge in [-0.25, -0.2) is 0 Å². The highest BCUT2D eigenvalue weighted by Gasteiger charge is 2.13. The smallest absolute Gasteiger partial charge is 0.260 e.